The van der Waals surface area contributed by atoms with Gasteiger partial charge in [-0.15, -0.1) is 0 Å². The summed E-state index contributed by atoms with van der Waals surface area (Å²) in [5.74, 6) is 1.72. The largest absolute Gasteiger partial charge is 0.393 e. The Morgan fingerprint density at radius 1 is 0.885 bits per heavy atom. The topological polar surface area (TPSA) is 58.9 Å². The predicted octanol–water partition coefficient (Wildman–Crippen LogP) is 3.49. The van der Waals surface area contributed by atoms with Crippen molar-refractivity contribution < 1.29 is 19.7 Å². The SMILES string of the molecule is C[C@]12CCC3(C[C@@H]1CC[C@@H]1[C@@H]2C(O)C[C@@]2(C)[C@H]1CC[C@]2(C)O)OCCO3. The monoisotopic (exact) mass is 364 g/mol. The predicted molar refractivity (Wildman–Crippen MR) is 98.4 cm³/mol. The summed E-state index contributed by atoms with van der Waals surface area (Å²) in [5.41, 5.74) is -0.591. The highest BCUT2D eigenvalue weighted by atomic mass is 16.7. The minimum Gasteiger partial charge on any atom is -0.393 e. The van der Waals surface area contributed by atoms with Crippen LogP contribution in [0.15, 0.2) is 0 Å². The van der Waals surface area contributed by atoms with Gasteiger partial charge >= 0.3 is 0 Å². The van der Waals surface area contributed by atoms with Gasteiger partial charge in [-0.3, -0.25) is 0 Å². The van der Waals surface area contributed by atoms with E-state index in [9.17, 15) is 10.2 Å². The third-order valence-electron chi connectivity index (χ3n) is 9.97. The normalized spacial score (nSPS) is 58.3. The first kappa shape index (κ1) is 17.9. The smallest absolute Gasteiger partial charge is 0.168 e. The molecule has 5 rings (SSSR count). The van der Waals surface area contributed by atoms with Gasteiger partial charge < -0.3 is 19.7 Å². The van der Waals surface area contributed by atoms with Crippen LogP contribution < -0.4 is 0 Å². The Bertz CT molecular complexity index is 583. The summed E-state index contributed by atoms with van der Waals surface area (Å²) in [6.07, 6.45) is 7.93. The van der Waals surface area contributed by atoms with Crippen LogP contribution in [-0.2, 0) is 9.47 Å². The summed E-state index contributed by atoms with van der Waals surface area (Å²) in [7, 11) is 0. The number of aliphatic hydroxyl groups is 2. The number of hydrogen-bond donors (Lipinski definition) is 2. The fourth-order valence-electron chi connectivity index (χ4n) is 8.30. The Morgan fingerprint density at radius 3 is 2.35 bits per heavy atom. The van der Waals surface area contributed by atoms with Gasteiger partial charge in [-0.1, -0.05) is 13.8 Å². The van der Waals surface area contributed by atoms with Crippen LogP contribution >= 0.6 is 0 Å². The highest BCUT2D eigenvalue weighted by Gasteiger charge is 2.66. The van der Waals surface area contributed by atoms with Crippen LogP contribution in [0.3, 0.4) is 0 Å². The molecule has 4 heteroatoms. The lowest BCUT2D eigenvalue weighted by molar-refractivity contribution is -0.246. The fraction of sp³-hybridized carbons (Fsp3) is 1.00. The van der Waals surface area contributed by atoms with E-state index >= 15 is 0 Å². The Balaban J connectivity index is 1.46. The van der Waals surface area contributed by atoms with Crippen LogP contribution in [0.2, 0.25) is 0 Å². The molecule has 148 valence electrons. The first-order chi connectivity index (χ1) is 12.2. The molecular formula is C22H36O4. The highest BCUT2D eigenvalue weighted by Crippen LogP contribution is 2.69. The van der Waals surface area contributed by atoms with E-state index in [1.54, 1.807) is 0 Å². The second-order valence-electron chi connectivity index (χ2n) is 10.9. The standard InChI is InChI=1S/C22H36O4/c1-19-8-9-22(25-10-11-26-22)12-14(19)4-5-15-16-6-7-21(3,24)20(16,2)13-17(23)18(15)19/h14-18,23-24H,4-13H2,1-3H3/t14-,15-,16-,17?,18+,19-,20-,21-/m0/s1. The van der Waals surface area contributed by atoms with Gasteiger partial charge in [-0.2, -0.15) is 0 Å². The first-order valence-electron chi connectivity index (χ1n) is 10.9. The van der Waals surface area contributed by atoms with Gasteiger partial charge in [0.1, 0.15) is 0 Å². The van der Waals surface area contributed by atoms with Crippen LogP contribution in [-0.4, -0.2) is 40.9 Å². The average molecular weight is 365 g/mol. The number of hydrogen-bond acceptors (Lipinski definition) is 4. The second kappa shape index (κ2) is 5.46. The lowest BCUT2D eigenvalue weighted by Gasteiger charge is -2.63. The van der Waals surface area contributed by atoms with Crippen LogP contribution in [0.5, 0.6) is 0 Å². The molecule has 0 amide bonds. The van der Waals surface area contributed by atoms with Gasteiger partial charge in [0.2, 0.25) is 0 Å². The molecule has 4 nitrogen and oxygen atoms in total. The Hall–Kier alpha value is -0.160. The third kappa shape index (κ3) is 2.16. The molecule has 0 aromatic rings. The van der Waals surface area contributed by atoms with Gasteiger partial charge in [-0.25, -0.2) is 0 Å². The Kier molecular flexibility index (Phi) is 3.76. The minimum atomic E-state index is -0.635. The summed E-state index contributed by atoms with van der Waals surface area (Å²) in [6.45, 7) is 8.15. The van der Waals surface area contributed by atoms with E-state index in [0.717, 1.165) is 51.7 Å². The van der Waals surface area contributed by atoms with Gasteiger partial charge in [0, 0.05) is 18.3 Å². The molecular weight excluding hydrogens is 328 g/mol. The molecule has 0 radical (unpaired) electrons. The molecule has 1 unspecified atom stereocenters. The molecule has 26 heavy (non-hydrogen) atoms. The highest BCUT2D eigenvalue weighted by molar-refractivity contribution is 5.15. The van der Waals surface area contributed by atoms with Crippen molar-refractivity contribution in [3.05, 3.63) is 0 Å². The van der Waals surface area contributed by atoms with Crippen molar-refractivity contribution in [1.29, 1.82) is 0 Å². The summed E-state index contributed by atoms with van der Waals surface area (Å²) in [5, 5.41) is 22.4. The van der Waals surface area contributed by atoms with Crippen molar-refractivity contribution in [3.8, 4) is 0 Å². The number of rotatable bonds is 0. The fourth-order valence-corrected chi connectivity index (χ4v) is 8.30. The quantitative estimate of drug-likeness (QED) is 0.691. The van der Waals surface area contributed by atoms with Crippen molar-refractivity contribution in [1.82, 2.24) is 0 Å². The Morgan fingerprint density at radius 2 is 1.62 bits per heavy atom. The molecule has 5 fully saturated rings. The Labute approximate surface area is 157 Å². The average Bonchev–Trinajstić information content (AvgIpc) is 3.11. The van der Waals surface area contributed by atoms with Gasteiger partial charge in [-0.05, 0) is 74.5 Å². The summed E-state index contributed by atoms with van der Waals surface area (Å²) >= 11 is 0. The van der Waals surface area contributed by atoms with Crippen molar-refractivity contribution in [2.75, 3.05) is 13.2 Å². The van der Waals surface area contributed by atoms with Crippen LogP contribution in [0.4, 0.5) is 0 Å². The zero-order valence-corrected chi connectivity index (χ0v) is 16.7. The van der Waals surface area contributed by atoms with Crippen molar-refractivity contribution in [3.63, 3.8) is 0 Å². The molecule has 2 N–H and O–H groups in total. The van der Waals surface area contributed by atoms with Crippen molar-refractivity contribution in [2.45, 2.75) is 89.6 Å². The maximum atomic E-state index is 11.3. The van der Waals surface area contributed by atoms with E-state index in [1.807, 2.05) is 6.92 Å². The van der Waals surface area contributed by atoms with E-state index in [4.69, 9.17) is 9.47 Å². The van der Waals surface area contributed by atoms with Crippen LogP contribution in [0, 0.1) is 34.5 Å². The van der Waals surface area contributed by atoms with E-state index in [2.05, 4.69) is 13.8 Å². The molecule has 1 saturated heterocycles. The molecule has 8 atom stereocenters. The maximum Gasteiger partial charge on any atom is 0.168 e. The molecule has 4 saturated carbocycles. The number of fused-ring (bicyclic) bond motifs is 5. The number of ether oxygens (including phenoxy) is 2. The first-order valence-corrected chi connectivity index (χ1v) is 10.9. The molecule has 4 aliphatic carbocycles. The lowest BCUT2D eigenvalue weighted by atomic mass is 9.43. The lowest BCUT2D eigenvalue weighted by Crippen LogP contribution is -2.62. The van der Waals surface area contributed by atoms with Crippen LogP contribution in [0.25, 0.3) is 0 Å². The second-order valence-corrected chi connectivity index (χ2v) is 10.9. The number of aliphatic hydroxyl groups excluding tert-OH is 1. The van der Waals surface area contributed by atoms with Gasteiger partial charge in [0.05, 0.1) is 24.9 Å². The third-order valence-corrected chi connectivity index (χ3v) is 9.97. The summed E-state index contributed by atoms with van der Waals surface area (Å²) in [6, 6.07) is 0. The van der Waals surface area contributed by atoms with Crippen LogP contribution in [0.1, 0.15) is 72.1 Å². The molecule has 1 spiro atoms. The van der Waals surface area contributed by atoms with E-state index in [0.29, 0.717) is 23.7 Å². The molecule has 0 aromatic carbocycles. The maximum absolute atomic E-state index is 11.3. The van der Waals surface area contributed by atoms with Crippen molar-refractivity contribution >= 4 is 0 Å². The van der Waals surface area contributed by atoms with E-state index < -0.39 is 5.60 Å². The van der Waals surface area contributed by atoms with Gasteiger partial charge in [0.25, 0.3) is 0 Å². The summed E-state index contributed by atoms with van der Waals surface area (Å²) in [4.78, 5) is 0. The summed E-state index contributed by atoms with van der Waals surface area (Å²) < 4.78 is 12.1. The molecule has 1 aliphatic heterocycles. The van der Waals surface area contributed by atoms with Gasteiger partial charge in [0.15, 0.2) is 5.79 Å². The zero-order valence-electron chi connectivity index (χ0n) is 16.7. The van der Waals surface area contributed by atoms with Crippen molar-refractivity contribution in [2.24, 2.45) is 34.5 Å². The van der Waals surface area contributed by atoms with E-state index in [1.165, 1.54) is 12.8 Å². The zero-order chi connectivity index (χ0) is 18.4. The minimum absolute atomic E-state index is 0.135. The molecule has 0 aromatic heterocycles. The molecule has 0 bridgehead atoms. The molecule has 5 aliphatic rings. The molecule has 1 heterocycles. The van der Waals surface area contributed by atoms with E-state index in [-0.39, 0.29) is 22.7 Å².